The van der Waals surface area contributed by atoms with Gasteiger partial charge in [-0.25, -0.2) is 9.18 Å². The number of anilines is 2. The fourth-order valence-corrected chi connectivity index (χ4v) is 3.24. The number of benzene rings is 3. The number of hydrogen-bond donors (Lipinski definition) is 2. The lowest BCUT2D eigenvalue weighted by Gasteiger charge is -2.14. The molecule has 0 unspecified atom stereocenters. The molecule has 8 heteroatoms. The highest BCUT2D eigenvalue weighted by atomic mass is 19.1. The lowest BCUT2D eigenvalue weighted by atomic mass is 10.1. The van der Waals surface area contributed by atoms with Crippen LogP contribution in [0.25, 0.3) is 0 Å². The minimum atomic E-state index is -0.777. The van der Waals surface area contributed by atoms with Gasteiger partial charge in [0.2, 0.25) is 0 Å². The first-order chi connectivity index (χ1) is 16.4. The van der Waals surface area contributed by atoms with Crippen LogP contribution in [-0.2, 0) is 20.7 Å². The molecule has 0 aliphatic rings. The molecule has 0 saturated carbocycles. The van der Waals surface area contributed by atoms with Gasteiger partial charge in [-0.05, 0) is 48.7 Å². The molecular weight excluding hydrogens is 439 g/mol. The molecule has 0 radical (unpaired) electrons. The van der Waals surface area contributed by atoms with Gasteiger partial charge in [0.1, 0.15) is 17.1 Å². The van der Waals surface area contributed by atoms with Crippen LogP contribution in [0.5, 0.6) is 5.75 Å². The zero-order valence-corrected chi connectivity index (χ0v) is 18.9. The predicted octanol–water partition coefficient (Wildman–Crippen LogP) is 4.51. The molecular formula is C26H25FN2O5. The fraction of sp³-hybridized carbons (Fsp3) is 0.192. The summed E-state index contributed by atoms with van der Waals surface area (Å²) in [7, 11) is 0. The first-order valence-corrected chi connectivity index (χ1v) is 10.7. The SMILES string of the molecule is CCc1cccc(C)c1NC(=O)COC(=O)c1ccccc1OCC(=O)Nc1ccccc1F. The molecule has 0 aromatic heterocycles. The largest absolute Gasteiger partial charge is 0.483 e. The molecule has 0 heterocycles. The number of nitrogens with one attached hydrogen (secondary N) is 2. The Morgan fingerprint density at radius 2 is 1.56 bits per heavy atom. The number of rotatable bonds is 9. The summed E-state index contributed by atoms with van der Waals surface area (Å²) in [6, 6.07) is 17.6. The molecule has 3 rings (SSSR count). The quantitative estimate of drug-likeness (QED) is 0.455. The van der Waals surface area contributed by atoms with E-state index in [1.54, 1.807) is 18.2 Å². The molecule has 0 atom stereocenters. The third-order valence-electron chi connectivity index (χ3n) is 4.95. The van der Waals surface area contributed by atoms with Crippen LogP contribution in [-0.4, -0.2) is 31.0 Å². The number of carbonyl (C=O) groups is 3. The van der Waals surface area contributed by atoms with Crippen LogP contribution in [0.15, 0.2) is 66.7 Å². The van der Waals surface area contributed by atoms with Crippen molar-refractivity contribution in [2.75, 3.05) is 23.8 Å². The van der Waals surface area contributed by atoms with Crippen LogP contribution in [0, 0.1) is 12.7 Å². The Morgan fingerprint density at radius 1 is 0.853 bits per heavy atom. The highest BCUT2D eigenvalue weighted by Crippen LogP contribution is 2.22. The van der Waals surface area contributed by atoms with Crippen molar-refractivity contribution in [1.29, 1.82) is 0 Å². The van der Waals surface area contributed by atoms with Crippen molar-refractivity contribution in [3.8, 4) is 5.75 Å². The molecule has 7 nitrogen and oxygen atoms in total. The van der Waals surface area contributed by atoms with E-state index in [-0.39, 0.29) is 17.0 Å². The first kappa shape index (κ1) is 24.4. The summed E-state index contributed by atoms with van der Waals surface area (Å²) in [5.74, 6) is -2.32. The van der Waals surface area contributed by atoms with E-state index in [2.05, 4.69) is 10.6 Å². The molecule has 2 N–H and O–H groups in total. The molecule has 2 amide bonds. The Morgan fingerprint density at radius 3 is 2.32 bits per heavy atom. The Kier molecular flexibility index (Phi) is 8.34. The van der Waals surface area contributed by atoms with Crippen molar-refractivity contribution in [1.82, 2.24) is 0 Å². The normalized spacial score (nSPS) is 10.3. The van der Waals surface area contributed by atoms with Crippen molar-refractivity contribution in [3.05, 3.63) is 89.2 Å². The van der Waals surface area contributed by atoms with Crippen molar-refractivity contribution in [2.24, 2.45) is 0 Å². The van der Waals surface area contributed by atoms with Gasteiger partial charge in [0, 0.05) is 5.69 Å². The molecule has 0 aliphatic heterocycles. The van der Waals surface area contributed by atoms with E-state index >= 15 is 0 Å². The number of carbonyl (C=O) groups excluding carboxylic acids is 3. The van der Waals surface area contributed by atoms with E-state index in [0.717, 1.165) is 17.5 Å². The maximum Gasteiger partial charge on any atom is 0.342 e. The third-order valence-corrected chi connectivity index (χ3v) is 4.95. The average molecular weight is 464 g/mol. The molecule has 3 aromatic carbocycles. The highest BCUT2D eigenvalue weighted by Gasteiger charge is 2.17. The molecule has 0 aliphatic carbocycles. The lowest BCUT2D eigenvalue weighted by molar-refractivity contribution is -0.119. The maximum atomic E-state index is 13.7. The Balaban J connectivity index is 1.57. The van der Waals surface area contributed by atoms with Gasteiger partial charge >= 0.3 is 5.97 Å². The monoisotopic (exact) mass is 464 g/mol. The summed E-state index contributed by atoms with van der Waals surface area (Å²) < 4.78 is 24.3. The topological polar surface area (TPSA) is 93.7 Å². The van der Waals surface area contributed by atoms with Crippen LogP contribution < -0.4 is 15.4 Å². The first-order valence-electron chi connectivity index (χ1n) is 10.7. The van der Waals surface area contributed by atoms with E-state index in [1.165, 1.54) is 30.3 Å². The van der Waals surface area contributed by atoms with Gasteiger partial charge < -0.3 is 20.1 Å². The molecule has 3 aromatic rings. The van der Waals surface area contributed by atoms with Crippen LogP contribution in [0.2, 0.25) is 0 Å². The van der Waals surface area contributed by atoms with Gasteiger partial charge in [-0.3, -0.25) is 9.59 Å². The van der Waals surface area contributed by atoms with Gasteiger partial charge in [-0.15, -0.1) is 0 Å². The summed E-state index contributed by atoms with van der Waals surface area (Å²) in [4.78, 5) is 37.0. The smallest absolute Gasteiger partial charge is 0.342 e. The highest BCUT2D eigenvalue weighted by molar-refractivity contribution is 5.97. The third kappa shape index (κ3) is 6.41. The average Bonchev–Trinajstić information content (AvgIpc) is 2.84. The number of aryl methyl sites for hydroxylation is 2. The molecule has 0 saturated heterocycles. The molecule has 176 valence electrons. The van der Waals surface area contributed by atoms with E-state index < -0.39 is 36.8 Å². The molecule has 0 bridgehead atoms. The summed E-state index contributed by atoms with van der Waals surface area (Å²) in [5, 5.41) is 5.19. The van der Waals surface area contributed by atoms with Crippen LogP contribution >= 0.6 is 0 Å². The van der Waals surface area contributed by atoms with Gasteiger partial charge in [-0.2, -0.15) is 0 Å². The standard InChI is InChI=1S/C26H25FN2O5/c1-3-18-10-8-9-17(2)25(18)29-24(31)16-34-26(32)19-11-4-7-14-22(19)33-15-23(30)28-21-13-6-5-12-20(21)27/h4-14H,3,15-16H2,1-2H3,(H,28,30)(H,29,31). The summed E-state index contributed by atoms with van der Waals surface area (Å²) >= 11 is 0. The Bertz CT molecular complexity index is 1200. The maximum absolute atomic E-state index is 13.7. The van der Waals surface area contributed by atoms with Gasteiger partial charge in [0.15, 0.2) is 13.2 Å². The predicted molar refractivity (Wildman–Crippen MR) is 126 cm³/mol. The molecule has 0 spiro atoms. The van der Waals surface area contributed by atoms with Gasteiger partial charge in [0.25, 0.3) is 11.8 Å². The van der Waals surface area contributed by atoms with Crippen LogP contribution in [0.1, 0.15) is 28.4 Å². The lowest BCUT2D eigenvalue weighted by Crippen LogP contribution is -2.23. The number of para-hydroxylation sites is 3. The zero-order valence-electron chi connectivity index (χ0n) is 18.9. The van der Waals surface area contributed by atoms with Crippen LogP contribution in [0.4, 0.5) is 15.8 Å². The number of ether oxygens (including phenoxy) is 2. The van der Waals surface area contributed by atoms with Crippen molar-refractivity contribution < 1.29 is 28.2 Å². The molecule has 34 heavy (non-hydrogen) atoms. The number of hydrogen-bond acceptors (Lipinski definition) is 5. The van der Waals surface area contributed by atoms with Crippen molar-refractivity contribution in [2.45, 2.75) is 20.3 Å². The van der Waals surface area contributed by atoms with Crippen molar-refractivity contribution >= 4 is 29.2 Å². The second-order valence-electron chi connectivity index (χ2n) is 7.40. The van der Waals surface area contributed by atoms with E-state index in [1.807, 2.05) is 32.0 Å². The minimum Gasteiger partial charge on any atom is -0.483 e. The van der Waals surface area contributed by atoms with E-state index in [0.29, 0.717) is 5.69 Å². The summed E-state index contributed by atoms with van der Waals surface area (Å²) in [6.45, 7) is 2.93. The second kappa shape index (κ2) is 11.6. The van der Waals surface area contributed by atoms with E-state index in [9.17, 15) is 18.8 Å². The minimum absolute atomic E-state index is 0.0229. The number of halogens is 1. The fourth-order valence-electron chi connectivity index (χ4n) is 3.24. The Hall–Kier alpha value is -4.20. The number of esters is 1. The summed E-state index contributed by atoms with van der Waals surface area (Å²) in [6.07, 6.45) is 0.742. The van der Waals surface area contributed by atoms with E-state index in [4.69, 9.17) is 9.47 Å². The Labute approximate surface area is 196 Å². The van der Waals surface area contributed by atoms with Crippen molar-refractivity contribution in [3.63, 3.8) is 0 Å². The van der Waals surface area contributed by atoms with Gasteiger partial charge in [-0.1, -0.05) is 49.4 Å². The van der Waals surface area contributed by atoms with Gasteiger partial charge in [0.05, 0.1) is 5.69 Å². The molecule has 0 fully saturated rings. The van der Waals surface area contributed by atoms with Crippen LogP contribution in [0.3, 0.4) is 0 Å². The zero-order chi connectivity index (χ0) is 24.5. The summed E-state index contributed by atoms with van der Waals surface area (Å²) in [5.41, 5.74) is 2.67. The second-order valence-corrected chi connectivity index (χ2v) is 7.40. The number of amides is 2.